The van der Waals surface area contributed by atoms with Crippen molar-refractivity contribution in [3.05, 3.63) is 77.7 Å². The number of amides is 2. The van der Waals surface area contributed by atoms with E-state index in [-0.39, 0.29) is 36.3 Å². The van der Waals surface area contributed by atoms with Crippen LogP contribution in [0, 0.1) is 5.82 Å². The number of hydrazone groups is 1. The van der Waals surface area contributed by atoms with Crippen LogP contribution in [0.1, 0.15) is 20.8 Å². The van der Waals surface area contributed by atoms with E-state index in [1.807, 2.05) is 0 Å². The highest BCUT2D eigenvalue weighted by Gasteiger charge is 2.23. The number of anilines is 1. The van der Waals surface area contributed by atoms with Crippen molar-refractivity contribution in [1.29, 1.82) is 0 Å². The summed E-state index contributed by atoms with van der Waals surface area (Å²) >= 11 is 6.20. The van der Waals surface area contributed by atoms with E-state index < -0.39 is 11.7 Å². The smallest absolute Gasteiger partial charge is 0.245 e. The third kappa shape index (κ3) is 6.76. The molecule has 0 aliphatic carbocycles. The van der Waals surface area contributed by atoms with E-state index in [4.69, 9.17) is 11.6 Å². The van der Waals surface area contributed by atoms with Gasteiger partial charge in [-0.3, -0.25) is 14.6 Å². The van der Waals surface area contributed by atoms with Crippen molar-refractivity contribution >= 4 is 35.8 Å². The predicted octanol–water partition coefficient (Wildman–Crippen LogP) is 5.33. The van der Waals surface area contributed by atoms with E-state index >= 15 is 4.39 Å². The summed E-state index contributed by atoms with van der Waals surface area (Å²) in [6.45, 7) is 12.1. The largest absolute Gasteiger partial charge is 0.329 e. The van der Waals surface area contributed by atoms with Crippen molar-refractivity contribution in [2.75, 3.05) is 18.4 Å². The first kappa shape index (κ1) is 25.8. The van der Waals surface area contributed by atoms with Gasteiger partial charge in [0.05, 0.1) is 5.69 Å². The summed E-state index contributed by atoms with van der Waals surface area (Å²) < 4.78 is 15.1. The summed E-state index contributed by atoms with van der Waals surface area (Å²) in [4.78, 5) is 27.0. The molecule has 0 fully saturated rings. The van der Waals surface area contributed by atoms with Crippen LogP contribution < -0.4 is 5.32 Å². The lowest BCUT2D eigenvalue weighted by Crippen LogP contribution is -2.46. The summed E-state index contributed by atoms with van der Waals surface area (Å²) in [5, 5.41) is 8.24. The first-order valence-electron chi connectivity index (χ1n) is 10.4. The Hall–Kier alpha value is -3.45. The van der Waals surface area contributed by atoms with E-state index in [9.17, 15) is 9.59 Å². The van der Waals surface area contributed by atoms with Crippen LogP contribution in [-0.4, -0.2) is 47.6 Å². The number of carbonyl (C=O) groups excluding carboxylic acids is 2. The van der Waals surface area contributed by atoms with Gasteiger partial charge in [-0.15, -0.1) is 0 Å². The summed E-state index contributed by atoms with van der Waals surface area (Å²) in [7, 11) is 0. The Kier molecular flexibility index (Phi) is 9.36. The van der Waals surface area contributed by atoms with Gasteiger partial charge in [0, 0.05) is 34.6 Å². The molecule has 0 spiro atoms. The van der Waals surface area contributed by atoms with Crippen LogP contribution in [0.4, 0.5) is 10.1 Å². The first-order valence-corrected chi connectivity index (χ1v) is 10.7. The molecule has 0 aliphatic heterocycles. The fourth-order valence-corrected chi connectivity index (χ4v) is 3.42. The van der Waals surface area contributed by atoms with E-state index in [0.29, 0.717) is 16.3 Å². The Morgan fingerprint density at radius 2 is 1.82 bits per heavy atom. The molecule has 0 bridgehead atoms. The second-order valence-electron chi connectivity index (χ2n) is 7.55. The normalized spacial score (nSPS) is 11.2. The molecule has 0 heterocycles. The zero-order valence-electron chi connectivity index (χ0n) is 19.0. The summed E-state index contributed by atoms with van der Waals surface area (Å²) in [6.07, 6.45) is 3.28. The van der Waals surface area contributed by atoms with E-state index in [1.165, 1.54) is 16.0 Å². The maximum absolute atomic E-state index is 15.1. The molecule has 2 aromatic rings. The van der Waals surface area contributed by atoms with E-state index in [0.717, 1.165) is 0 Å². The van der Waals surface area contributed by atoms with Gasteiger partial charge in [-0.2, -0.15) is 5.10 Å². The van der Waals surface area contributed by atoms with E-state index in [2.05, 4.69) is 23.7 Å². The quantitative estimate of drug-likeness (QED) is 0.290. The second kappa shape index (κ2) is 12.0. The molecule has 1 N–H and O–H groups in total. The first-order chi connectivity index (χ1) is 15.7. The van der Waals surface area contributed by atoms with Gasteiger partial charge >= 0.3 is 0 Å². The minimum atomic E-state index is -0.603. The van der Waals surface area contributed by atoms with Crippen LogP contribution in [0.15, 0.2) is 72.0 Å². The van der Waals surface area contributed by atoms with Gasteiger partial charge in [0.15, 0.2) is 5.82 Å². The van der Waals surface area contributed by atoms with Gasteiger partial charge < -0.3 is 10.2 Å². The van der Waals surface area contributed by atoms with Crippen molar-refractivity contribution in [2.45, 2.75) is 26.8 Å². The summed E-state index contributed by atoms with van der Waals surface area (Å²) in [5.74, 6) is -1.45. The lowest BCUT2D eigenvalue weighted by Gasteiger charge is -2.29. The Labute approximate surface area is 199 Å². The topological polar surface area (TPSA) is 65.0 Å². The minimum absolute atomic E-state index is 0.00715. The minimum Gasteiger partial charge on any atom is -0.329 e. The van der Waals surface area contributed by atoms with Crippen LogP contribution in [0.2, 0.25) is 5.02 Å². The molecule has 2 rings (SSSR count). The highest BCUT2D eigenvalue weighted by Crippen LogP contribution is 2.32. The number of nitrogens with zero attached hydrogens (tertiary/aromatic N) is 3. The molecule has 0 saturated heterocycles. The van der Waals surface area contributed by atoms with Crippen LogP contribution >= 0.6 is 11.6 Å². The number of rotatable bonds is 10. The fourth-order valence-electron chi connectivity index (χ4n) is 3.18. The molecule has 33 heavy (non-hydrogen) atoms. The summed E-state index contributed by atoms with van der Waals surface area (Å²) in [5.41, 5.74) is 1.48. The van der Waals surface area contributed by atoms with Crippen molar-refractivity contribution in [2.24, 2.45) is 5.10 Å². The molecule has 0 aromatic heterocycles. The third-order valence-corrected chi connectivity index (χ3v) is 5.25. The Bertz CT molecular complexity index is 1070. The molecule has 174 valence electrons. The lowest BCUT2D eigenvalue weighted by molar-refractivity contribution is -0.137. The third-order valence-electron chi connectivity index (χ3n) is 4.92. The molecule has 6 nitrogen and oxygen atoms in total. The highest BCUT2D eigenvalue weighted by atomic mass is 35.5. The van der Waals surface area contributed by atoms with Crippen molar-refractivity contribution in [1.82, 2.24) is 9.91 Å². The number of hydrogen-bond donors (Lipinski definition) is 1. The molecule has 0 radical (unpaired) electrons. The fraction of sp³-hybridized carbons (Fsp3) is 0.240. The average Bonchev–Trinajstić information content (AvgIpc) is 2.77. The Balaban J connectivity index is 2.17. The Morgan fingerprint density at radius 3 is 2.42 bits per heavy atom. The SMILES string of the molecule is C=C/C=C(\C)N(CC(=O)N(CC(=O)Nc1cccc(-c2ccccc2Cl)c1F)C(C)C)N=C. The zero-order valence-corrected chi connectivity index (χ0v) is 19.8. The second-order valence-corrected chi connectivity index (χ2v) is 7.96. The van der Waals surface area contributed by atoms with E-state index in [1.54, 1.807) is 69.3 Å². The van der Waals surface area contributed by atoms with Crippen molar-refractivity contribution in [3.63, 3.8) is 0 Å². The molecule has 0 saturated carbocycles. The number of halogens is 2. The summed E-state index contributed by atoms with van der Waals surface area (Å²) in [6, 6.07) is 11.3. The molecule has 8 heteroatoms. The van der Waals surface area contributed by atoms with Crippen LogP contribution in [-0.2, 0) is 9.59 Å². The highest BCUT2D eigenvalue weighted by molar-refractivity contribution is 6.33. The number of nitrogens with one attached hydrogen (secondary N) is 1. The standard InChI is InChI=1S/C25H28ClFN4O2/c1-6-10-18(4)31(28-5)16-24(33)30(17(2)3)15-23(32)29-22-14-9-12-20(25(22)27)19-11-7-8-13-21(19)26/h6-14,17H,1,5,15-16H2,2-4H3,(H,29,32)/b18-10+. The zero-order chi connectivity index (χ0) is 24.5. The van der Waals surface area contributed by atoms with Gasteiger partial charge in [0.25, 0.3) is 0 Å². The molecule has 2 aromatic carbocycles. The Morgan fingerprint density at radius 1 is 1.15 bits per heavy atom. The molecular weight excluding hydrogens is 443 g/mol. The van der Waals surface area contributed by atoms with Gasteiger partial charge in [-0.05, 0) is 39.0 Å². The molecular formula is C25H28ClFN4O2. The van der Waals surface area contributed by atoms with Crippen LogP contribution in [0.25, 0.3) is 11.1 Å². The maximum atomic E-state index is 15.1. The van der Waals surface area contributed by atoms with Crippen molar-refractivity contribution < 1.29 is 14.0 Å². The number of hydrogen-bond acceptors (Lipinski definition) is 4. The van der Waals surface area contributed by atoms with Gasteiger partial charge in [-0.1, -0.05) is 54.6 Å². The number of allylic oxidation sites excluding steroid dienone is 3. The molecule has 0 atom stereocenters. The number of carbonyl (C=O) groups is 2. The van der Waals surface area contributed by atoms with Crippen molar-refractivity contribution in [3.8, 4) is 11.1 Å². The molecule has 0 unspecified atom stereocenters. The monoisotopic (exact) mass is 470 g/mol. The van der Waals surface area contributed by atoms with Gasteiger partial charge in [-0.25, -0.2) is 4.39 Å². The molecule has 0 aliphatic rings. The number of benzene rings is 2. The lowest BCUT2D eigenvalue weighted by atomic mass is 10.0. The van der Waals surface area contributed by atoms with Crippen LogP contribution in [0.5, 0.6) is 0 Å². The molecule has 2 amide bonds. The maximum Gasteiger partial charge on any atom is 0.245 e. The average molecular weight is 471 g/mol. The predicted molar refractivity (Wildman–Crippen MR) is 133 cm³/mol. The van der Waals surface area contributed by atoms with Gasteiger partial charge in [0.1, 0.15) is 13.1 Å². The van der Waals surface area contributed by atoms with Gasteiger partial charge in [0.2, 0.25) is 11.8 Å². The van der Waals surface area contributed by atoms with Crippen LogP contribution in [0.3, 0.4) is 0 Å².